The highest BCUT2D eigenvalue weighted by atomic mass is 35.5. The molecule has 0 bridgehead atoms. The monoisotopic (exact) mass is 465 g/mol. The number of aromatic nitrogens is 2. The van der Waals surface area contributed by atoms with Crippen molar-refractivity contribution in [3.63, 3.8) is 0 Å². The first kappa shape index (κ1) is 23.0. The molecule has 0 aliphatic rings. The van der Waals surface area contributed by atoms with Crippen molar-refractivity contribution in [3.05, 3.63) is 76.6 Å². The van der Waals surface area contributed by atoms with E-state index in [9.17, 15) is 13.2 Å². The lowest BCUT2D eigenvalue weighted by atomic mass is 10.0. The summed E-state index contributed by atoms with van der Waals surface area (Å²) in [4.78, 5) is 8.34. The molecule has 0 saturated carbocycles. The molecule has 0 aliphatic carbocycles. The van der Waals surface area contributed by atoms with Crippen molar-refractivity contribution in [2.75, 3.05) is 13.2 Å². The zero-order valence-electron chi connectivity index (χ0n) is 16.5. The number of ether oxygens (including phenoxy) is 1. The zero-order chi connectivity index (χ0) is 22.4. The fourth-order valence-corrected chi connectivity index (χ4v) is 4.14. The smallest absolute Gasteiger partial charge is 0.416 e. The molecule has 31 heavy (non-hydrogen) atoms. The number of hydrogen-bond donors (Lipinski definition) is 1. The van der Waals surface area contributed by atoms with Gasteiger partial charge >= 0.3 is 6.18 Å². The number of nitrogens with two attached hydrogens (primary N) is 1. The third-order valence-corrected chi connectivity index (χ3v) is 5.56. The number of aryl methyl sites for hydroxylation is 1. The number of thiophene rings is 1. The molecule has 0 unspecified atom stereocenters. The van der Waals surface area contributed by atoms with Gasteiger partial charge in [-0.1, -0.05) is 23.7 Å². The summed E-state index contributed by atoms with van der Waals surface area (Å²) in [5.41, 5.74) is 6.54. The molecule has 4 nitrogen and oxygen atoms in total. The Kier molecular flexibility index (Phi) is 7.48. The van der Waals surface area contributed by atoms with Crippen LogP contribution < -0.4 is 10.5 Å². The van der Waals surface area contributed by atoms with E-state index >= 15 is 0 Å². The topological polar surface area (TPSA) is 61.0 Å². The van der Waals surface area contributed by atoms with Gasteiger partial charge in [0, 0.05) is 33.3 Å². The molecular weight excluding hydrogens is 447 g/mol. The number of benzene rings is 2. The van der Waals surface area contributed by atoms with Gasteiger partial charge < -0.3 is 10.5 Å². The summed E-state index contributed by atoms with van der Waals surface area (Å²) in [7, 11) is 0. The van der Waals surface area contributed by atoms with Crippen LogP contribution in [-0.4, -0.2) is 23.1 Å². The number of fused-ring (bicyclic) bond motifs is 1. The van der Waals surface area contributed by atoms with Crippen molar-refractivity contribution >= 4 is 33.0 Å². The van der Waals surface area contributed by atoms with Crippen molar-refractivity contribution in [2.24, 2.45) is 5.73 Å². The minimum Gasteiger partial charge on any atom is -0.492 e. The van der Waals surface area contributed by atoms with E-state index in [1.807, 2.05) is 25.1 Å². The molecule has 4 aromatic rings. The summed E-state index contributed by atoms with van der Waals surface area (Å²) in [6.45, 7) is 2.86. The van der Waals surface area contributed by atoms with E-state index in [1.54, 1.807) is 23.6 Å². The maximum absolute atomic E-state index is 12.7. The van der Waals surface area contributed by atoms with Crippen LogP contribution in [0.2, 0.25) is 5.15 Å². The minimum atomic E-state index is -4.32. The highest BCUT2D eigenvalue weighted by molar-refractivity contribution is 7.19. The van der Waals surface area contributed by atoms with Crippen LogP contribution in [0.1, 0.15) is 10.4 Å². The number of halogens is 4. The fourth-order valence-electron chi connectivity index (χ4n) is 2.93. The average Bonchev–Trinajstić information content (AvgIpc) is 3.07. The molecule has 0 saturated heterocycles. The van der Waals surface area contributed by atoms with Crippen LogP contribution in [0.4, 0.5) is 13.2 Å². The van der Waals surface area contributed by atoms with Crippen molar-refractivity contribution in [2.45, 2.75) is 13.1 Å². The van der Waals surface area contributed by atoms with Crippen LogP contribution in [0.3, 0.4) is 0 Å². The van der Waals surface area contributed by atoms with Crippen LogP contribution in [0, 0.1) is 6.92 Å². The summed E-state index contributed by atoms with van der Waals surface area (Å²) in [6.07, 6.45) is -1.32. The molecule has 0 radical (unpaired) electrons. The predicted molar refractivity (Wildman–Crippen MR) is 119 cm³/mol. The Morgan fingerprint density at radius 2 is 1.84 bits per heavy atom. The second kappa shape index (κ2) is 10.1. The highest BCUT2D eigenvalue weighted by Gasteiger charge is 2.30. The average molecular weight is 466 g/mol. The largest absolute Gasteiger partial charge is 0.492 e. The molecule has 0 aliphatic heterocycles. The van der Waals surface area contributed by atoms with Gasteiger partial charge in [0.2, 0.25) is 0 Å². The first-order valence-corrected chi connectivity index (χ1v) is 10.4. The summed E-state index contributed by atoms with van der Waals surface area (Å²) < 4.78 is 44.7. The molecule has 162 valence electrons. The number of hydrogen-bond acceptors (Lipinski definition) is 5. The summed E-state index contributed by atoms with van der Waals surface area (Å²) in [5, 5.41) is 1.49. The maximum atomic E-state index is 12.7. The van der Waals surface area contributed by atoms with Gasteiger partial charge in [-0.15, -0.1) is 11.3 Å². The summed E-state index contributed by atoms with van der Waals surface area (Å²) in [6, 6.07) is 12.7. The van der Waals surface area contributed by atoms with Gasteiger partial charge in [0.25, 0.3) is 0 Å². The normalized spacial score (nSPS) is 11.2. The Hall–Kier alpha value is -2.68. The lowest BCUT2D eigenvalue weighted by Gasteiger charge is -2.08. The first-order chi connectivity index (χ1) is 14.8. The lowest BCUT2D eigenvalue weighted by molar-refractivity contribution is -0.137. The van der Waals surface area contributed by atoms with E-state index < -0.39 is 11.7 Å². The van der Waals surface area contributed by atoms with E-state index in [-0.39, 0.29) is 0 Å². The van der Waals surface area contributed by atoms with Crippen molar-refractivity contribution in [3.8, 4) is 16.9 Å². The number of rotatable bonds is 4. The summed E-state index contributed by atoms with van der Waals surface area (Å²) in [5.74, 6) is 0.744. The molecule has 0 spiro atoms. The second-order valence-corrected chi connectivity index (χ2v) is 8.08. The maximum Gasteiger partial charge on any atom is 0.416 e. The predicted octanol–water partition coefficient (Wildman–Crippen LogP) is 6.36. The third kappa shape index (κ3) is 5.94. The van der Waals surface area contributed by atoms with E-state index in [4.69, 9.17) is 22.1 Å². The molecule has 2 aromatic heterocycles. The molecule has 0 amide bonds. The van der Waals surface area contributed by atoms with Gasteiger partial charge in [-0.25, -0.2) is 9.97 Å². The number of nitrogens with zero attached hydrogens (tertiary/aromatic N) is 2. The van der Waals surface area contributed by atoms with Gasteiger partial charge in [-0.2, -0.15) is 13.2 Å². The molecule has 0 atom stereocenters. The SMILES string of the molecule is Cc1sc2cc(OCCN)ccc2c1-c1ccc(C(F)(F)F)cc1.Clc1ccncn1. The quantitative estimate of drug-likeness (QED) is 0.356. The van der Waals surface area contributed by atoms with Crippen LogP contribution in [0.15, 0.2) is 61.1 Å². The second-order valence-electron chi connectivity index (χ2n) is 6.44. The summed E-state index contributed by atoms with van der Waals surface area (Å²) >= 11 is 6.99. The molecule has 2 aromatic carbocycles. The molecule has 0 fully saturated rings. The highest BCUT2D eigenvalue weighted by Crippen LogP contribution is 2.40. The van der Waals surface area contributed by atoms with Gasteiger partial charge in [-0.05, 0) is 48.9 Å². The molecular formula is C22H19ClF3N3OS. The van der Waals surface area contributed by atoms with Crippen LogP contribution in [-0.2, 0) is 6.18 Å². The van der Waals surface area contributed by atoms with Gasteiger partial charge in [0.15, 0.2) is 0 Å². The lowest BCUT2D eigenvalue weighted by Crippen LogP contribution is -2.10. The molecule has 2 N–H and O–H groups in total. The molecule has 4 rings (SSSR count). The molecule has 2 heterocycles. The van der Waals surface area contributed by atoms with Crippen LogP contribution in [0.25, 0.3) is 21.2 Å². The van der Waals surface area contributed by atoms with Gasteiger partial charge in [0.1, 0.15) is 23.8 Å². The van der Waals surface area contributed by atoms with Crippen LogP contribution in [0.5, 0.6) is 5.75 Å². The van der Waals surface area contributed by atoms with E-state index in [0.717, 1.165) is 44.0 Å². The van der Waals surface area contributed by atoms with Crippen LogP contribution >= 0.6 is 22.9 Å². The van der Waals surface area contributed by atoms with E-state index in [2.05, 4.69) is 9.97 Å². The minimum absolute atomic E-state index is 0.443. The van der Waals surface area contributed by atoms with Crippen molar-refractivity contribution in [1.82, 2.24) is 9.97 Å². The van der Waals surface area contributed by atoms with Crippen molar-refractivity contribution < 1.29 is 17.9 Å². The standard InChI is InChI=1S/C18H16F3NOS.C4H3ClN2/c1-11-17(12-2-4-13(5-3-12)18(19,20)21)15-7-6-14(23-9-8-22)10-16(15)24-11;5-4-1-2-6-3-7-4/h2-7,10H,8-9,22H2,1H3;1-3H. The van der Waals surface area contributed by atoms with E-state index in [1.165, 1.54) is 18.5 Å². The van der Waals surface area contributed by atoms with Gasteiger partial charge in [-0.3, -0.25) is 0 Å². The third-order valence-electron chi connectivity index (χ3n) is 4.27. The van der Waals surface area contributed by atoms with E-state index in [0.29, 0.717) is 18.3 Å². The zero-order valence-corrected chi connectivity index (χ0v) is 18.1. The Balaban J connectivity index is 0.000000330. The first-order valence-electron chi connectivity index (χ1n) is 9.24. The Bertz CT molecular complexity index is 1130. The van der Waals surface area contributed by atoms with Crippen molar-refractivity contribution in [1.29, 1.82) is 0 Å². The Labute approximate surface area is 186 Å². The Morgan fingerprint density at radius 3 is 2.39 bits per heavy atom. The molecule has 9 heteroatoms. The Morgan fingerprint density at radius 1 is 1.10 bits per heavy atom. The van der Waals surface area contributed by atoms with Gasteiger partial charge in [0.05, 0.1) is 5.56 Å². The fraction of sp³-hybridized carbons (Fsp3) is 0.182. The number of alkyl halides is 3.